The zero-order valence-corrected chi connectivity index (χ0v) is 20.1. The third-order valence-electron chi connectivity index (χ3n) is 7.06. The summed E-state index contributed by atoms with van der Waals surface area (Å²) in [6, 6.07) is 10.6. The van der Waals surface area contributed by atoms with Gasteiger partial charge in [0.1, 0.15) is 25.3 Å². The van der Waals surface area contributed by atoms with Gasteiger partial charge in [-0.05, 0) is 38.5 Å². The first-order valence-corrected chi connectivity index (χ1v) is 11.7. The van der Waals surface area contributed by atoms with E-state index >= 15 is 0 Å². The molecule has 5 rings (SSSR count). The van der Waals surface area contributed by atoms with Gasteiger partial charge < -0.3 is 18.9 Å². The van der Waals surface area contributed by atoms with E-state index in [1.54, 1.807) is 28.6 Å². The molecule has 0 unspecified atom stereocenters. The van der Waals surface area contributed by atoms with E-state index in [1.807, 2.05) is 6.07 Å². The molecule has 0 amide bonds. The monoisotopic (exact) mass is 462 g/mol. The predicted octanol–water partition coefficient (Wildman–Crippen LogP) is 2.69. The Bertz CT molecular complexity index is 1320. The molecule has 2 aliphatic heterocycles. The molecule has 0 saturated carbocycles. The Balaban J connectivity index is 1.43. The highest BCUT2D eigenvalue weighted by atomic mass is 16.6. The maximum atomic E-state index is 12.7. The van der Waals surface area contributed by atoms with Crippen molar-refractivity contribution in [2.45, 2.75) is 45.4 Å². The molecule has 4 heterocycles. The molecule has 0 aliphatic carbocycles. The molecule has 1 fully saturated rings. The lowest BCUT2D eigenvalue weighted by Gasteiger charge is -2.47. The van der Waals surface area contributed by atoms with Crippen LogP contribution < -0.4 is 19.9 Å². The van der Waals surface area contributed by atoms with Gasteiger partial charge in [0, 0.05) is 44.3 Å². The topological polar surface area (TPSA) is 88.5 Å². The van der Waals surface area contributed by atoms with Crippen LogP contribution in [0, 0.1) is 11.3 Å². The Labute approximate surface area is 198 Å². The lowest BCUT2D eigenvalue weighted by atomic mass is 9.99. The predicted molar refractivity (Wildman–Crippen MR) is 129 cm³/mol. The first-order chi connectivity index (χ1) is 16.4. The highest BCUT2D eigenvalue weighted by molar-refractivity contribution is 5.88. The fourth-order valence-electron chi connectivity index (χ4n) is 5.15. The van der Waals surface area contributed by atoms with E-state index in [0.717, 1.165) is 41.3 Å². The van der Waals surface area contributed by atoms with Crippen LogP contribution in [0.5, 0.6) is 11.5 Å². The van der Waals surface area contributed by atoms with E-state index in [0.29, 0.717) is 13.2 Å². The summed E-state index contributed by atoms with van der Waals surface area (Å²) >= 11 is 0. The smallest absolute Gasteiger partial charge is 0.252 e. The molecule has 9 heteroatoms. The average molecular weight is 463 g/mol. The number of aryl methyl sites for hydroxylation is 1. The summed E-state index contributed by atoms with van der Waals surface area (Å²) in [5.74, 6) is 1.62. The van der Waals surface area contributed by atoms with Crippen LogP contribution in [0.2, 0.25) is 0 Å². The van der Waals surface area contributed by atoms with Gasteiger partial charge in [0.05, 0.1) is 23.5 Å². The van der Waals surface area contributed by atoms with Gasteiger partial charge in [-0.2, -0.15) is 10.4 Å². The van der Waals surface area contributed by atoms with E-state index in [-0.39, 0.29) is 30.2 Å². The van der Waals surface area contributed by atoms with E-state index in [1.165, 1.54) is 5.56 Å². The van der Waals surface area contributed by atoms with Gasteiger partial charge in [-0.3, -0.25) is 14.4 Å². The summed E-state index contributed by atoms with van der Waals surface area (Å²) < 4.78 is 14.7. The molecule has 0 radical (unpaired) electrons. The molecule has 3 aromatic rings. The summed E-state index contributed by atoms with van der Waals surface area (Å²) in [6.45, 7) is 9.55. The van der Waals surface area contributed by atoms with Crippen molar-refractivity contribution in [2.75, 3.05) is 31.2 Å². The number of nitrogens with zero attached hydrogens (tertiary/aromatic N) is 6. The van der Waals surface area contributed by atoms with Crippen LogP contribution in [-0.2, 0) is 13.6 Å². The minimum Gasteiger partial charge on any atom is -0.486 e. The molecule has 1 aromatic carbocycles. The third kappa shape index (κ3) is 3.78. The standard InChI is InChI=1S/C25H30N6O3/c1-16-14-31(20-12-24(32)28(4)21-15-29(8-7-26)27-25(20)21)17(2)13-30(16)18(3)19-5-6-22-23(11-19)34-10-9-33-22/h5-6,11-12,15-18H,8-10,13-14H2,1-4H3/t16-,17+,18-/m1/s1. The van der Waals surface area contributed by atoms with Crippen molar-refractivity contribution in [1.82, 2.24) is 19.2 Å². The molecule has 1 saturated heterocycles. The van der Waals surface area contributed by atoms with Gasteiger partial charge in [-0.25, -0.2) is 0 Å². The van der Waals surface area contributed by atoms with Gasteiger partial charge in [0.2, 0.25) is 0 Å². The second-order valence-corrected chi connectivity index (χ2v) is 9.27. The quantitative estimate of drug-likeness (QED) is 0.589. The molecule has 178 valence electrons. The van der Waals surface area contributed by atoms with E-state index in [2.05, 4.69) is 53.9 Å². The van der Waals surface area contributed by atoms with E-state index in [4.69, 9.17) is 14.7 Å². The number of benzene rings is 1. The number of hydrogen-bond donors (Lipinski definition) is 0. The number of pyridine rings is 1. The molecule has 3 atom stereocenters. The molecule has 0 N–H and O–H groups in total. The molecule has 2 aromatic heterocycles. The van der Waals surface area contributed by atoms with Crippen LogP contribution in [0.25, 0.3) is 11.0 Å². The Morgan fingerprint density at radius 1 is 1.15 bits per heavy atom. The highest BCUT2D eigenvalue weighted by Gasteiger charge is 2.34. The van der Waals surface area contributed by atoms with Crippen LogP contribution in [0.4, 0.5) is 5.69 Å². The zero-order valence-electron chi connectivity index (χ0n) is 20.1. The molecule has 0 bridgehead atoms. The van der Waals surface area contributed by atoms with Crippen molar-refractivity contribution in [3.8, 4) is 17.6 Å². The van der Waals surface area contributed by atoms with Crippen molar-refractivity contribution >= 4 is 16.7 Å². The van der Waals surface area contributed by atoms with Crippen molar-refractivity contribution in [1.29, 1.82) is 5.26 Å². The number of ether oxygens (including phenoxy) is 2. The molecule has 34 heavy (non-hydrogen) atoms. The molecular weight excluding hydrogens is 432 g/mol. The summed E-state index contributed by atoms with van der Waals surface area (Å²) in [4.78, 5) is 17.5. The Morgan fingerprint density at radius 3 is 2.68 bits per heavy atom. The number of rotatable bonds is 4. The van der Waals surface area contributed by atoms with Crippen LogP contribution in [0.15, 0.2) is 35.3 Å². The lowest BCUT2D eigenvalue weighted by Crippen LogP contribution is -2.57. The fraction of sp³-hybridized carbons (Fsp3) is 0.480. The van der Waals surface area contributed by atoms with Crippen LogP contribution in [-0.4, -0.2) is 57.6 Å². The Kier molecular flexibility index (Phi) is 5.70. The summed E-state index contributed by atoms with van der Waals surface area (Å²) in [5.41, 5.74) is 3.45. The zero-order chi connectivity index (χ0) is 24.0. The summed E-state index contributed by atoms with van der Waals surface area (Å²) in [6.07, 6.45) is 1.78. The van der Waals surface area contributed by atoms with Crippen LogP contribution in [0.1, 0.15) is 32.4 Å². The second kappa shape index (κ2) is 8.69. The van der Waals surface area contributed by atoms with Crippen LogP contribution >= 0.6 is 0 Å². The highest BCUT2D eigenvalue weighted by Crippen LogP contribution is 2.36. The molecule has 0 spiro atoms. The first kappa shape index (κ1) is 22.3. The summed E-state index contributed by atoms with van der Waals surface area (Å²) in [5, 5.41) is 13.7. The number of aromatic nitrogens is 3. The van der Waals surface area contributed by atoms with Crippen molar-refractivity contribution in [3.05, 3.63) is 46.4 Å². The number of piperazine rings is 1. The maximum absolute atomic E-state index is 12.7. The van der Waals surface area contributed by atoms with Crippen LogP contribution in [0.3, 0.4) is 0 Å². The maximum Gasteiger partial charge on any atom is 0.252 e. The first-order valence-electron chi connectivity index (χ1n) is 11.7. The van der Waals surface area contributed by atoms with Crippen molar-refractivity contribution < 1.29 is 9.47 Å². The largest absolute Gasteiger partial charge is 0.486 e. The number of nitriles is 1. The molecular formula is C25H30N6O3. The van der Waals surface area contributed by atoms with Gasteiger partial charge in [-0.15, -0.1) is 0 Å². The number of fused-ring (bicyclic) bond motifs is 2. The summed E-state index contributed by atoms with van der Waals surface area (Å²) in [7, 11) is 1.74. The van der Waals surface area contributed by atoms with E-state index < -0.39 is 0 Å². The Morgan fingerprint density at radius 2 is 1.91 bits per heavy atom. The normalized spacial score (nSPS) is 21.4. The molecule has 9 nitrogen and oxygen atoms in total. The minimum absolute atomic E-state index is 0.0778. The van der Waals surface area contributed by atoms with Gasteiger partial charge in [0.15, 0.2) is 11.5 Å². The number of hydrogen-bond acceptors (Lipinski definition) is 7. The van der Waals surface area contributed by atoms with E-state index in [9.17, 15) is 4.79 Å². The second-order valence-electron chi connectivity index (χ2n) is 9.27. The van der Waals surface area contributed by atoms with Crippen molar-refractivity contribution in [2.24, 2.45) is 7.05 Å². The minimum atomic E-state index is -0.0778. The van der Waals surface area contributed by atoms with Gasteiger partial charge in [-0.1, -0.05) is 6.07 Å². The lowest BCUT2D eigenvalue weighted by molar-refractivity contribution is 0.118. The molecule has 2 aliphatic rings. The van der Waals surface area contributed by atoms with Gasteiger partial charge in [0.25, 0.3) is 5.56 Å². The fourth-order valence-corrected chi connectivity index (χ4v) is 5.15. The third-order valence-corrected chi connectivity index (χ3v) is 7.06. The number of anilines is 1. The van der Waals surface area contributed by atoms with Crippen molar-refractivity contribution in [3.63, 3.8) is 0 Å². The Hall–Kier alpha value is -3.51. The average Bonchev–Trinajstić information content (AvgIpc) is 3.26. The van der Waals surface area contributed by atoms with Gasteiger partial charge >= 0.3 is 0 Å². The SMILES string of the molecule is C[C@@H]1CN(c2cc(=O)n(C)c3cn(CC#N)nc23)[C@@H](C)CN1[C@H](C)c1ccc2c(c1)OCCO2.